The van der Waals surface area contributed by atoms with Crippen LogP contribution in [0.1, 0.15) is 33.1 Å². The van der Waals surface area contributed by atoms with Gasteiger partial charge in [-0.05, 0) is 26.2 Å². The molecular weight excluding hydrogens is 388 g/mol. The molecule has 2 rings (SSSR count). The molecule has 2 heterocycles. The van der Waals surface area contributed by atoms with Crippen molar-refractivity contribution in [2.24, 2.45) is 11.7 Å². The average Bonchev–Trinajstić information content (AvgIpc) is 2.80. The Balaban J connectivity index is 1.99. The maximum Gasteiger partial charge on any atom is 0.282 e. The Kier molecular flexibility index (Phi) is 7.93. The summed E-state index contributed by atoms with van der Waals surface area (Å²) in [5.74, 6) is -1.81. The summed E-state index contributed by atoms with van der Waals surface area (Å²) in [4.78, 5) is 35.7. The fourth-order valence-electron chi connectivity index (χ4n) is 3.15. The second-order valence-corrected chi connectivity index (χ2v) is 9.14. The number of carbonyl (C=O) groups is 3. The first-order valence-corrected chi connectivity index (χ1v) is 10.8. The van der Waals surface area contributed by atoms with Gasteiger partial charge >= 0.3 is 0 Å². The second kappa shape index (κ2) is 9.77. The summed E-state index contributed by atoms with van der Waals surface area (Å²) >= 11 is 0. The maximum absolute atomic E-state index is 12.9. The van der Waals surface area contributed by atoms with Crippen molar-refractivity contribution in [3.8, 4) is 0 Å². The molecule has 0 aliphatic carbocycles. The molecular formula is C17H29N4O6S. The zero-order valence-electron chi connectivity index (χ0n) is 16.3. The van der Waals surface area contributed by atoms with Crippen LogP contribution in [-0.2, 0) is 29.3 Å². The predicted molar refractivity (Wildman–Crippen MR) is 101 cm³/mol. The van der Waals surface area contributed by atoms with Crippen molar-refractivity contribution in [3.05, 3.63) is 6.42 Å². The lowest BCUT2D eigenvalue weighted by Crippen LogP contribution is -2.52. The van der Waals surface area contributed by atoms with Gasteiger partial charge in [0.05, 0.1) is 32.2 Å². The molecule has 1 radical (unpaired) electrons. The molecule has 0 unspecified atom stereocenters. The number of rotatable bonds is 7. The summed E-state index contributed by atoms with van der Waals surface area (Å²) in [5.41, 5.74) is 5.16. The first-order valence-electron chi connectivity index (χ1n) is 9.43. The van der Waals surface area contributed by atoms with Crippen molar-refractivity contribution < 1.29 is 27.5 Å². The van der Waals surface area contributed by atoms with E-state index in [0.29, 0.717) is 26.1 Å². The second-order valence-electron chi connectivity index (χ2n) is 7.26. The van der Waals surface area contributed by atoms with Crippen LogP contribution in [0.4, 0.5) is 0 Å². The smallest absolute Gasteiger partial charge is 0.282 e. The van der Waals surface area contributed by atoms with E-state index in [-0.39, 0.29) is 37.9 Å². The third-order valence-corrected chi connectivity index (χ3v) is 7.22. The zero-order valence-corrected chi connectivity index (χ0v) is 17.1. The standard InChI is InChI=1S/C17H29N4O6S/c1-12(17(18)24)3-6-16(23)19-14-5-4-13(2)21(11-15(14)22)28(25,26)20-7-9-27-10-8-20/h6,12-14H,3-5,7-11H2,1-2H3,(H2,18,24)(H,19,23)/t12-,13+,14-/m0/s1. The molecule has 0 spiro atoms. The van der Waals surface area contributed by atoms with Crippen LogP contribution >= 0.6 is 0 Å². The maximum atomic E-state index is 12.9. The summed E-state index contributed by atoms with van der Waals surface area (Å²) in [6.45, 7) is 4.25. The van der Waals surface area contributed by atoms with Gasteiger partial charge in [0.15, 0.2) is 5.78 Å². The van der Waals surface area contributed by atoms with Gasteiger partial charge in [-0.2, -0.15) is 17.0 Å². The van der Waals surface area contributed by atoms with Gasteiger partial charge in [-0.3, -0.25) is 14.4 Å². The van der Waals surface area contributed by atoms with Crippen LogP contribution in [-0.4, -0.2) is 79.6 Å². The zero-order chi connectivity index (χ0) is 20.9. The van der Waals surface area contributed by atoms with Gasteiger partial charge in [0, 0.05) is 25.0 Å². The number of Topliss-reactive ketones (excluding diaryl/α,β-unsaturated/α-hetero) is 1. The van der Waals surface area contributed by atoms with Crippen molar-refractivity contribution in [2.45, 2.75) is 45.2 Å². The number of hydrogen-bond acceptors (Lipinski definition) is 6. The molecule has 3 atom stereocenters. The van der Waals surface area contributed by atoms with Crippen LogP contribution in [0.2, 0.25) is 0 Å². The van der Waals surface area contributed by atoms with Crippen LogP contribution in [0.25, 0.3) is 0 Å². The Morgan fingerprint density at radius 1 is 1.32 bits per heavy atom. The van der Waals surface area contributed by atoms with E-state index in [4.69, 9.17) is 10.5 Å². The highest BCUT2D eigenvalue weighted by Gasteiger charge is 2.39. The largest absolute Gasteiger partial charge is 0.379 e. The first-order chi connectivity index (χ1) is 13.1. The van der Waals surface area contributed by atoms with E-state index in [1.807, 2.05) is 0 Å². The third kappa shape index (κ3) is 5.72. The fraction of sp³-hybridized carbons (Fsp3) is 0.765. The molecule has 0 saturated carbocycles. The van der Waals surface area contributed by atoms with Crippen LogP contribution < -0.4 is 11.1 Å². The molecule has 159 valence electrons. The number of primary amides is 1. The van der Waals surface area contributed by atoms with E-state index in [9.17, 15) is 22.8 Å². The number of ketones is 1. The van der Waals surface area contributed by atoms with E-state index in [1.54, 1.807) is 13.8 Å². The van der Waals surface area contributed by atoms with E-state index in [2.05, 4.69) is 5.32 Å². The minimum Gasteiger partial charge on any atom is -0.379 e. The third-order valence-electron chi connectivity index (χ3n) is 5.12. The molecule has 3 N–H and O–H groups in total. The van der Waals surface area contributed by atoms with Crippen molar-refractivity contribution in [1.29, 1.82) is 0 Å². The number of hydrogen-bond donors (Lipinski definition) is 2. The molecule has 10 nitrogen and oxygen atoms in total. The molecule has 11 heteroatoms. The van der Waals surface area contributed by atoms with Gasteiger partial charge < -0.3 is 15.8 Å². The van der Waals surface area contributed by atoms with Gasteiger partial charge in [0.25, 0.3) is 10.2 Å². The van der Waals surface area contributed by atoms with Crippen molar-refractivity contribution in [2.75, 3.05) is 32.8 Å². The predicted octanol–water partition coefficient (Wildman–Crippen LogP) is -1.18. The molecule has 2 amide bonds. The SMILES string of the molecule is C[C@@H]1CC[C@H](NC(=O)[CH]C[C@H](C)C(N)=O)C(=O)CN1S(=O)(=O)N1CCOCC1. The van der Waals surface area contributed by atoms with Crippen LogP contribution in [0.5, 0.6) is 0 Å². The number of morpholine rings is 1. The molecule has 2 fully saturated rings. The van der Waals surface area contributed by atoms with Crippen molar-refractivity contribution in [3.63, 3.8) is 0 Å². The van der Waals surface area contributed by atoms with E-state index in [1.165, 1.54) is 15.0 Å². The quantitative estimate of drug-likeness (QED) is 0.534. The molecule has 2 aliphatic rings. The van der Waals surface area contributed by atoms with Crippen LogP contribution in [0.3, 0.4) is 0 Å². The molecule has 0 aromatic carbocycles. The topological polar surface area (TPSA) is 139 Å². The normalized spacial score (nSPS) is 26.4. The summed E-state index contributed by atoms with van der Waals surface area (Å²) in [7, 11) is -3.78. The van der Waals surface area contributed by atoms with Crippen LogP contribution in [0, 0.1) is 12.3 Å². The number of nitrogens with one attached hydrogen (secondary N) is 1. The monoisotopic (exact) mass is 417 g/mol. The van der Waals surface area contributed by atoms with Crippen molar-refractivity contribution in [1.82, 2.24) is 13.9 Å². The number of nitrogens with zero attached hydrogens (tertiary/aromatic N) is 2. The number of amides is 2. The van der Waals surface area contributed by atoms with Gasteiger partial charge in [-0.1, -0.05) is 6.92 Å². The van der Waals surface area contributed by atoms with E-state index < -0.39 is 34.0 Å². The van der Waals surface area contributed by atoms with E-state index >= 15 is 0 Å². The molecule has 2 aliphatic heterocycles. The Labute approximate surface area is 165 Å². The Bertz CT molecular complexity index is 692. The van der Waals surface area contributed by atoms with Crippen molar-refractivity contribution >= 4 is 27.8 Å². The van der Waals surface area contributed by atoms with Gasteiger partial charge in [0.1, 0.15) is 0 Å². The molecule has 2 saturated heterocycles. The highest BCUT2D eigenvalue weighted by atomic mass is 32.2. The van der Waals surface area contributed by atoms with Gasteiger partial charge in [-0.15, -0.1) is 0 Å². The average molecular weight is 418 g/mol. The fourth-order valence-corrected chi connectivity index (χ4v) is 4.91. The summed E-state index contributed by atoms with van der Waals surface area (Å²) in [6.07, 6.45) is 2.26. The highest BCUT2D eigenvalue weighted by Crippen LogP contribution is 2.22. The van der Waals surface area contributed by atoms with Crippen LogP contribution in [0.15, 0.2) is 0 Å². The lowest BCUT2D eigenvalue weighted by molar-refractivity contribution is -0.126. The summed E-state index contributed by atoms with van der Waals surface area (Å²) in [5, 5.41) is 2.62. The van der Waals surface area contributed by atoms with Gasteiger partial charge in [-0.25, -0.2) is 0 Å². The lowest BCUT2D eigenvalue weighted by Gasteiger charge is -2.33. The summed E-state index contributed by atoms with van der Waals surface area (Å²) in [6, 6.07) is -1.13. The minimum absolute atomic E-state index is 0.177. The van der Waals surface area contributed by atoms with Gasteiger partial charge in [0.2, 0.25) is 11.8 Å². The lowest BCUT2D eigenvalue weighted by atomic mass is 10.0. The highest BCUT2D eigenvalue weighted by molar-refractivity contribution is 7.86. The number of carbonyl (C=O) groups excluding carboxylic acids is 3. The molecule has 28 heavy (non-hydrogen) atoms. The number of ether oxygens (including phenoxy) is 1. The Morgan fingerprint density at radius 3 is 2.57 bits per heavy atom. The molecule has 0 aromatic rings. The van der Waals surface area contributed by atoms with E-state index in [0.717, 1.165) is 0 Å². The number of nitrogens with two attached hydrogens (primary N) is 1. The first kappa shape index (κ1) is 22.7. The molecule has 0 aromatic heterocycles. The molecule has 0 bridgehead atoms. The Hall–Kier alpha value is -1.56. The summed E-state index contributed by atoms with van der Waals surface area (Å²) < 4.78 is 33.6. The Morgan fingerprint density at radius 2 is 1.96 bits per heavy atom. The minimum atomic E-state index is -3.78.